The predicted molar refractivity (Wildman–Crippen MR) is 51.3 cm³/mol. The molecule has 2 heteroatoms. The van der Waals surface area contributed by atoms with Crippen LogP contribution in [0.15, 0.2) is 0 Å². The second kappa shape index (κ2) is 3.25. The van der Waals surface area contributed by atoms with E-state index >= 15 is 0 Å². The van der Waals surface area contributed by atoms with E-state index in [0.717, 1.165) is 19.3 Å². The minimum absolute atomic E-state index is 0.154. The lowest BCUT2D eigenvalue weighted by Gasteiger charge is -2.41. The first-order valence-electron chi connectivity index (χ1n) is 5.46. The van der Waals surface area contributed by atoms with Crippen molar-refractivity contribution in [3.8, 4) is 0 Å². The Balaban J connectivity index is 2.18. The molecule has 2 N–H and O–H groups in total. The van der Waals surface area contributed by atoms with Crippen molar-refractivity contribution in [2.75, 3.05) is 6.61 Å². The Bertz CT molecular complexity index is 193. The first-order valence-corrected chi connectivity index (χ1v) is 5.46. The van der Waals surface area contributed by atoms with Crippen molar-refractivity contribution in [3.05, 3.63) is 0 Å². The van der Waals surface area contributed by atoms with Gasteiger partial charge in [-0.3, -0.25) is 0 Å². The van der Waals surface area contributed by atoms with Gasteiger partial charge in [0.25, 0.3) is 0 Å². The number of fused-ring (bicyclic) bond motifs is 1. The lowest BCUT2D eigenvalue weighted by molar-refractivity contribution is -0.0279. The molecule has 2 fully saturated rings. The highest BCUT2D eigenvalue weighted by atomic mass is 16.3. The van der Waals surface area contributed by atoms with Gasteiger partial charge < -0.3 is 10.2 Å². The third-order valence-electron chi connectivity index (χ3n) is 4.30. The maximum atomic E-state index is 9.93. The van der Waals surface area contributed by atoms with Crippen molar-refractivity contribution in [2.45, 2.75) is 45.1 Å². The summed E-state index contributed by atoms with van der Waals surface area (Å²) in [4.78, 5) is 0. The highest BCUT2D eigenvalue weighted by Crippen LogP contribution is 2.54. The number of aliphatic hydroxyl groups is 2. The smallest absolute Gasteiger partial charge is 0.0577 e. The zero-order valence-corrected chi connectivity index (χ0v) is 8.37. The first kappa shape index (κ1) is 9.47. The van der Waals surface area contributed by atoms with Crippen molar-refractivity contribution in [3.63, 3.8) is 0 Å². The quantitative estimate of drug-likeness (QED) is 0.649. The Morgan fingerprint density at radius 3 is 2.77 bits per heavy atom. The summed E-state index contributed by atoms with van der Waals surface area (Å²) in [6.07, 6.45) is 5.49. The van der Waals surface area contributed by atoms with Gasteiger partial charge in [-0.1, -0.05) is 13.3 Å². The fourth-order valence-corrected chi connectivity index (χ4v) is 3.60. The van der Waals surface area contributed by atoms with Crippen LogP contribution in [-0.2, 0) is 0 Å². The zero-order valence-electron chi connectivity index (χ0n) is 8.37. The van der Waals surface area contributed by atoms with Gasteiger partial charge in [0.05, 0.1) is 6.10 Å². The first-order chi connectivity index (χ1) is 6.17. The molecule has 0 amide bonds. The van der Waals surface area contributed by atoms with Gasteiger partial charge in [-0.05, 0) is 42.9 Å². The van der Waals surface area contributed by atoms with Crippen LogP contribution >= 0.6 is 0 Å². The fraction of sp³-hybridized carbons (Fsp3) is 1.00. The monoisotopic (exact) mass is 184 g/mol. The Kier molecular flexibility index (Phi) is 2.37. The topological polar surface area (TPSA) is 40.5 Å². The highest BCUT2D eigenvalue weighted by Gasteiger charge is 2.49. The van der Waals surface area contributed by atoms with Gasteiger partial charge in [-0.2, -0.15) is 0 Å². The predicted octanol–water partition coefficient (Wildman–Crippen LogP) is 1.56. The molecule has 0 bridgehead atoms. The molecule has 0 aromatic rings. The van der Waals surface area contributed by atoms with Gasteiger partial charge in [-0.25, -0.2) is 0 Å². The summed E-state index contributed by atoms with van der Waals surface area (Å²) in [7, 11) is 0. The molecular formula is C11H20O2. The van der Waals surface area contributed by atoms with E-state index < -0.39 is 0 Å². The van der Waals surface area contributed by atoms with Gasteiger partial charge in [0, 0.05) is 6.61 Å². The SMILES string of the molecule is CC12CCCC(O)C1C(CO)CC2. The molecule has 2 saturated carbocycles. The molecule has 4 atom stereocenters. The molecule has 2 aliphatic rings. The number of hydrogen-bond acceptors (Lipinski definition) is 2. The Hall–Kier alpha value is -0.0800. The molecule has 0 saturated heterocycles. The van der Waals surface area contributed by atoms with E-state index in [9.17, 15) is 10.2 Å². The van der Waals surface area contributed by atoms with Crippen molar-refractivity contribution < 1.29 is 10.2 Å². The molecule has 0 aromatic heterocycles. The molecule has 0 aromatic carbocycles. The minimum atomic E-state index is -0.154. The number of rotatable bonds is 1. The third kappa shape index (κ3) is 1.40. The van der Waals surface area contributed by atoms with E-state index in [2.05, 4.69) is 6.92 Å². The molecule has 0 heterocycles. The lowest BCUT2D eigenvalue weighted by atomic mass is 9.66. The maximum absolute atomic E-state index is 9.93. The molecule has 2 rings (SSSR count). The molecule has 0 aliphatic heterocycles. The van der Waals surface area contributed by atoms with Crippen LogP contribution < -0.4 is 0 Å². The summed E-state index contributed by atoms with van der Waals surface area (Å²) < 4.78 is 0. The van der Waals surface area contributed by atoms with E-state index in [-0.39, 0.29) is 12.7 Å². The van der Waals surface area contributed by atoms with E-state index in [1.165, 1.54) is 12.8 Å². The zero-order chi connectivity index (χ0) is 9.47. The van der Waals surface area contributed by atoms with E-state index in [1.807, 2.05) is 0 Å². The van der Waals surface area contributed by atoms with Gasteiger partial charge in [-0.15, -0.1) is 0 Å². The van der Waals surface area contributed by atoms with Crippen molar-refractivity contribution in [2.24, 2.45) is 17.3 Å². The molecule has 13 heavy (non-hydrogen) atoms. The molecular weight excluding hydrogens is 164 g/mol. The van der Waals surface area contributed by atoms with Crippen molar-refractivity contribution >= 4 is 0 Å². The Morgan fingerprint density at radius 1 is 1.31 bits per heavy atom. The van der Waals surface area contributed by atoms with Crippen LogP contribution in [-0.4, -0.2) is 22.9 Å². The van der Waals surface area contributed by atoms with Gasteiger partial charge >= 0.3 is 0 Å². The highest BCUT2D eigenvalue weighted by molar-refractivity contribution is 4.99. The van der Waals surface area contributed by atoms with Crippen LogP contribution in [0, 0.1) is 17.3 Å². The van der Waals surface area contributed by atoms with Crippen molar-refractivity contribution in [1.82, 2.24) is 0 Å². The van der Waals surface area contributed by atoms with Crippen LogP contribution in [0.4, 0.5) is 0 Å². The maximum Gasteiger partial charge on any atom is 0.0577 e. The second-order valence-corrected chi connectivity index (χ2v) is 5.12. The summed E-state index contributed by atoms with van der Waals surface area (Å²) in [6.45, 7) is 2.55. The molecule has 0 spiro atoms. The van der Waals surface area contributed by atoms with Crippen LogP contribution in [0.5, 0.6) is 0 Å². The summed E-state index contributed by atoms with van der Waals surface area (Å²) in [6, 6.07) is 0. The second-order valence-electron chi connectivity index (χ2n) is 5.12. The van der Waals surface area contributed by atoms with Crippen molar-refractivity contribution in [1.29, 1.82) is 0 Å². The van der Waals surface area contributed by atoms with Gasteiger partial charge in [0.2, 0.25) is 0 Å². The van der Waals surface area contributed by atoms with Gasteiger partial charge in [0.1, 0.15) is 0 Å². The molecule has 0 radical (unpaired) electrons. The average Bonchev–Trinajstić information content (AvgIpc) is 2.43. The standard InChI is InChI=1S/C11H20O2/c1-11-5-2-3-9(13)10(11)8(7-12)4-6-11/h8-10,12-13H,2-7H2,1H3. The lowest BCUT2D eigenvalue weighted by Crippen LogP contribution is -2.40. The molecule has 4 unspecified atom stereocenters. The van der Waals surface area contributed by atoms with E-state index in [4.69, 9.17) is 0 Å². The van der Waals surface area contributed by atoms with Crippen LogP contribution in [0.3, 0.4) is 0 Å². The third-order valence-corrected chi connectivity index (χ3v) is 4.30. The Labute approximate surface area is 80.0 Å². The average molecular weight is 184 g/mol. The summed E-state index contributed by atoms with van der Waals surface area (Å²) >= 11 is 0. The molecule has 2 aliphatic carbocycles. The van der Waals surface area contributed by atoms with Crippen LogP contribution in [0.25, 0.3) is 0 Å². The summed E-state index contributed by atoms with van der Waals surface area (Å²) in [5.74, 6) is 0.728. The molecule has 76 valence electrons. The number of aliphatic hydroxyl groups excluding tert-OH is 2. The van der Waals surface area contributed by atoms with E-state index in [0.29, 0.717) is 17.3 Å². The Morgan fingerprint density at radius 2 is 2.08 bits per heavy atom. The normalized spacial score (nSPS) is 50.5. The summed E-state index contributed by atoms with van der Waals surface area (Å²) in [5.41, 5.74) is 0.324. The minimum Gasteiger partial charge on any atom is -0.396 e. The van der Waals surface area contributed by atoms with Crippen LogP contribution in [0.1, 0.15) is 39.0 Å². The van der Waals surface area contributed by atoms with Crippen LogP contribution in [0.2, 0.25) is 0 Å². The molecule has 2 nitrogen and oxygen atoms in total. The number of hydrogen-bond donors (Lipinski definition) is 2. The van der Waals surface area contributed by atoms with Gasteiger partial charge in [0.15, 0.2) is 0 Å². The van der Waals surface area contributed by atoms with E-state index in [1.54, 1.807) is 0 Å². The summed E-state index contributed by atoms with van der Waals surface area (Å²) in [5, 5.41) is 19.2. The fourth-order valence-electron chi connectivity index (χ4n) is 3.60. The largest absolute Gasteiger partial charge is 0.396 e.